The van der Waals surface area contributed by atoms with Crippen LogP contribution in [0.3, 0.4) is 0 Å². The normalized spacial score (nSPS) is 21.2. The number of carbonyl (C=O) groups is 2. The molecule has 2 fully saturated rings. The van der Waals surface area contributed by atoms with Crippen LogP contribution in [0.25, 0.3) is 0 Å². The highest BCUT2D eigenvalue weighted by Gasteiger charge is 2.29. The van der Waals surface area contributed by atoms with E-state index in [1.54, 1.807) is 0 Å². The Morgan fingerprint density at radius 1 is 0.880 bits per heavy atom. The van der Waals surface area contributed by atoms with Gasteiger partial charge in [-0.2, -0.15) is 5.10 Å². The van der Waals surface area contributed by atoms with Crippen molar-refractivity contribution >= 4 is 11.9 Å². The number of ether oxygens (including phenoxy) is 1. The first-order chi connectivity index (χ1) is 12.2. The van der Waals surface area contributed by atoms with Crippen molar-refractivity contribution in [1.82, 2.24) is 24.5 Å². The summed E-state index contributed by atoms with van der Waals surface area (Å²) in [4.78, 5) is 30.7. The van der Waals surface area contributed by atoms with Crippen LogP contribution in [-0.2, 0) is 17.7 Å². The molecule has 0 bridgehead atoms. The maximum Gasteiger partial charge on any atom is 0.320 e. The van der Waals surface area contributed by atoms with Crippen LogP contribution < -0.4 is 0 Å². The average Bonchev–Trinajstić information content (AvgIpc) is 3.12. The molecule has 3 aliphatic rings. The number of aryl methyl sites for hydroxylation is 2. The summed E-state index contributed by atoms with van der Waals surface area (Å²) < 4.78 is 7.26. The number of nitrogens with zero attached hydrogens (tertiary/aromatic N) is 5. The molecule has 1 aromatic heterocycles. The van der Waals surface area contributed by atoms with Crippen LogP contribution in [0.15, 0.2) is 6.07 Å². The van der Waals surface area contributed by atoms with E-state index in [0.717, 1.165) is 25.1 Å². The summed E-state index contributed by atoms with van der Waals surface area (Å²) in [6.07, 6.45) is 3.30. The van der Waals surface area contributed by atoms with Gasteiger partial charge in [-0.15, -0.1) is 0 Å². The summed E-state index contributed by atoms with van der Waals surface area (Å²) in [5, 5.41) is 4.48. The minimum absolute atomic E-state index is 0.0135. The minimum atomic E-state index is -0.0135. The van der Waals surface area contributed by atoms with Gasteiger partial charge in [0, 0.05) is 51.5 Å². The second kappa shape index (κ2) is 7.03. The molecule has 2 saturated heterocycles. The van der Waals surface area contributed by atoms with Gasteiger partial charge in [0.25, 0.3) is 5.91 Å². The van der Waals surface area contributed by atoms with Crippen LogP contribution in [0.1, 0.15) is 29.0 Å². The zero-order valence-corrected chi connectivity index (χ0v) is 14.5. The molecule has 4 rings (SSSR count). The van der Waals surface area contributed by atoms with Gasteiger partial charge in [-0.05, 0) is 25.3 Å². The molecule has 0 N–H and O–H groups in total. The number of rotatable bonds is 1. The van der Waals surface area contributed by atoms with E-state index in [4.69, 9.17) is 4.74 Å². The van der Waals surface area contributed by atoms with Gasteiger partial charge < -0.3 is 19.4 Å². The van der Waals surface area contributed by atoms with Gasteiger partial charge in [0.15, 0.2) is 5.69 Å². The summed E-state index contributed by atoms with van der Waals surface area (Å²) in [6.45, 7) is 5.71. The molecule has 1 aromatic rings. The van der Waals surface area contributed by atoms with Crippen molar-refractivity contribution in [3.05, 3.63) is 17.5 Å². The number of carbonyl (C=O) groups excluding carboxylic acids is 2. The van der Waals surface area contributed by atoms with E-state index in [-0.39, 0.29) is 11.9 Å². The highest BCUT2D eigenvalue weighted by molar-refractivity contribution is 5.92. The molecule has 3 aliphatic heterocycles. The molecular formula is C17H25N5O3. The SMILES string of the molecule is O=C(c1cc2n(n1)CCCC2)N1CCN(C(=O)N2CCOCC2)CC1. The van der Waals surface area contributed by atoms with E-state index in [2.05, 4.69) is 5.10 Å². The first-order valence-electron chi connectivity index (χ1n) is 9.20. The Morgan fingerprint density at radius 2 is 1.56 bits per heavy atom. The predicted molar refractivity (Wildman–Crippen MR) is 90.4 cm³/mol. The molecule has 0 radical (unpaired) electrons. The van der Waals surface area contributed by atoms with Crippen molar-refractivity contribution in [2.24, 2.45) is 0 Å². The molecule has 3 amide bonds. The van der Waals surface area contributed by atoms with Crippen molar-refractivity contribution in [1.29, 1.82) is 0 Å². The summed E-state index contributed by atoms with van der Waals surface area (Å²) in [6, 6.07) is 2.00. The number of aromatic nitrogens is 2. The fraction of sp³-hybridized carbons (Fsp3) is 0.706. The monoisotopic (exact) mass is 347 g/mol. The van der Waals surface area contributed by atoms with Crippen molar-refractivity contribution in [2.75, 3.05) is 52.5 Å². The smallest absolute Gasteiger partial charge is 0.320 e. The number of fused-ring (bicyclic) bond motifs is 1. The van der Waals surface area contributed by atoms with Gasteiger partial charge >= 0.3 is 6.03 Å². The van der Waals surface area contributed by atoms with Gasteiger partial charge in [-0.1, -0.05) is 0 Å². The number of amides is 3. The first kappa shape index (κ1) is 16.4. The molecular weight excluding hydrogens is 322 g/mol. The van der Waals surface area contributed by atoms with Crippen LogP contribution in [0.2, 0.25) is 0 Å². The standard InChI is InChI=1S/C17H25N5O3/c23-16(15-13-14-3-1-2-4-22(14)18-15)19-5-7-20(8-6-19)17(24)21-9-11-25-12-10-21/h13H,1-12H2. The highest BCUT2D eigenvalue weighted by Crippen LogP contribution is 2.17. The van der Waals surface area contributed by atoms with Crippen molar-refractivity contribution in [2.45, 2.75) is 25.8 Å². The quantitative estimate of drug-likeness (QED) is 0.739. The van der Waals surface area contributed by atoms with Crippen molar-refractivity contribution in [3.63, 3.8) is 0 Å². The molecule has 0 unspecified atom stereocenters. The highest BCUT2D eigenvalue weighted by atomic mass is 16.5. The Labute approximate surface area is 147 Å². The number of hydrogen-bond acceptors (Lipinski definition) is 4. The molecule has 0 aromatic carbocycles. The third-order valence-electron chi connectivity index (χ3n) is 5.25. The molecule has 0 saturated carbocycles. The Hall–Kier alpha value is -2.09. The largest absolute Gasteiger partial charge is 0.378 e. The van der Waals surface area contributed by atoms with E-state index in [1.807, 2.05) is 25.4 Å². The molecule has 25 heavy (non-hydrogen) atoms. The van der Waals surface area contributed by atoms with Crippen molar-refractivity contribution < 1.29 is 14.3 Å². The van der Waals surface area contributed by atoms with Crippen LogP contribution >= 0.6 is 0 Å². The molecule has 0 aliphatic carbocycles. The van der Waals surface area contributed by atoms with Crippen LogP contribution in [0.4, 0.5) is 4.79 Å². The second-order valence-electron chi connectivity index (χ2n) is 6.86. The van der Waals surface area contributed by atoms with Gasteiger partial charge in [-0.3, -0.25) is 9.48 Å². The summed E-state index contributed by atoms with van der Waals surface area (Å²) in [5.74, 6) is -0.0135. The third-order valence-corrected chi connectivity index (χ3v) is 5.25. The lowest BCUT2D eigenvalue weighted by atomic mass is 10.1. The van der Waals surface area contributed by atoms with Gasteiger partial charge in [0.2, 0.25) is 0 Å². The Balaban J connectivity index is 1.34. The van der Waals surface area contributed by atoms with E-state index >= 15 is 0 Å². The lowest BCUT2D eigenvalue weighted by Crippen LogP contribution is -2.55. The second-order valence-corrected chi connectivity index (χ2v) is 6.86. The number of piperazine rings is 1. The minimum Gasteiger partial charge on any atom is -0.378 e. The summed E-state index contributed by atoms with van der Waals surface area (Å²) in [7, 11) is 0. The predicted octanol–water partition coefficient (Wildman–Crippen LogP) is 0.429. The number of urea groups is 1. The molecule has 0 atom stereocenters. The van der Waals surface area contributed by atoms with Crippen LogP contribution in [0.5, 0.6) is 0 Å². The summed E-state index contributed by atoms with van der Waals surface area (Å²) >= 11 is 0. The van der Waals surface area contributed by atoms with E-state index in [9.17, 15) is 9.59 Å². The zero-order valence-electron chi connectivity index (χ0n) is 14.5. The Kier molecular flexibility index (Phi) is 4.61. The Morgan fingerprint density at radius 3 is 2.28 bits per heavy atom. The molecule has 136 valence electrons. The maximum absolute atomic E-state index is 12.7. The lowest BCUT2D eigenvalue weighted by molar-refractivity contribution is 0.0361. The topological polar surface area (TPSA) is 70.9 Å². The van der Waals surface area contributed by atoms with E-state index < -0.39 is 0 Å². The van der Waals surface area contributed by atoms with Crippen molar-refractivity contribution in [3.8, 4) is 0 Å². The van der Waals surface area contributed by atoms with Crippen LogP contribution in [-0.4, -0.2) is 88.9 Å². The average molecular weight is 347 g/mol. The molecule has 0 spiro atoms. The first-order valence-corrected chi connectivity index (χ1v) is 9.20. The fourth-order valence-corrected chi connectivity index (χ4v) is 3.74. The fourth-order valence-electron chi connectivity index (χ4n) is 3.74. The Bertz CT molecular complexity index is 621. The number of hydrogen-bond donors (Lipinski definition) is 0. The van der Waals surface area contributed by atoms with E-state index in [0.29, 0.717) is 58.2 Å². The van der Waals surface area contributed by atoms with Gasteiger partial charge in [0.1, 0.15) is 0 Å². The molecule has 8 heteroatoms. The molecule has 8 nitrogen and oxygen atoms in total. The molecule has 4 heterocycles. The summed E-state index contributed by atoms with van der Waals surface area (Å²) in [5.41, 5.74) is 1.71. The van der Waals surface area contributed by atoms with Gasteiger partial charge in [0.05, 0.1) is 13.2 Å². The lowest BCUT2D eigenvalue weighted by Gasteiger charge is -2.38. The maximum atomic E-state index is 12.7. The van der Waals surface area contributed by atoms with Gasteiger partial charge in [-0.25, -0.2) is 4.79 Å². The van der Waals surface area contributed by atoms with E-state index in [1.165, 1.54) is 6.42 Å². The number of morpholine rings is 1. The van der Waals surface area contributed by atoms with Crippen LogP contribution in [0, 0.1) is 0 Å². The third kappa shape index (κ3) is 3.35. The zero-order chi connectivity index (χ0) is 17.2.